The second-order valence-electron chi connectivity index (χ2n) is 6.17. The number of benzene rings is 1. The van der Waals surface area contributed by atoms with Crippen LogP contribution in [0.1, 0.15) is 36.8 Å². The van der Waals surface area contributed by atoms with Gasteiger partial charge in [-0.2, -0.15) is 0 Å². The molecule has 1 fully saturated rings. The molecule has 3 rings (SSSR count). The van der Waals surface area contributed by atoms with E-state index in [1.165, 1.54) is 5.56 Å². The van der Waals surface area contributed by atoms with E-state index < -0.39 is 0 Å². The third kappa shape index (κ3) is 3.57. The maximum atomic E-state index is 5.90. The fourth-order valence-electron chi connectivity index (χ4n) is 3.08. The zero-order valence-corrected chi connectivity index (χ0v) is 14.0. The van der Waals surface area contributed by atoms with E-state index in [0.29, 0.717) is 12.0 Å². The smallest absolute Gasteiger partial charge is 0.139 e. The maximum absolute atomic E-state index is 5.90. The van der Waals surface area contributed by atoms with Crippen molar-refractivity contribution in [2.24, 2.45) is 7.05 Å². The van der Waals surface area contributed by atoms with Gasteiger partial charge in [-0.15, -0.1) is 0 Å². The first kappa shape index (κ1) is 16.0. The summed E-state index contributed by atoms with van der Waals surface area (Å²) in [5.41, 5.74) is 1.31. The van der Waals surface area contributed by atoms with E-state index in [4.69, 9.17) is 9.47 Å². The number of rotatable bonds is 6. The Kier molecular flexibility index (Phi) is 4.98. The van der Waals surface area contributed by atoms with Gasteiger partial charge in [0, 0.05) is 38.6 Å². The Hall–Kier alpha value is -1.85. The van der Waals surface area contributed by atoms with Crippen LogP contribution in [0.25, 0.3) is 0 Å². The van der Waals surface area contributed by atoms with E-state index in [1.54, 1.807) is 7.11 Å². The lowest BCUT2D eigenvalue weighted by Crippen LogP contribution is -2.35. The van der Waals surface area contributed by atoms with Gasteiger partial charge in [0.2, 0.25) is 0 Å². The number of nitrogens with zero attached hydrogens (tertiary/aromatic N) is 2. The first-order valence-corrected chi connectivity index (χ1v) is 8.15. The number of hydrogen-bond donors (Lipinski definition) is 1. The van der Waals surface area contributed by atoms with Crippen LogP contribution in [0.5, 0.6) is 5.75 Å². The van der Waals surface area contributed by atoms with Crippen LogP contribution in [0.4, 0.5) is 0 Å². The second kappa shape index (κ2) is 7.15. The lowest BCUT2D eigenvalue weighted by atomic mass is 10.00. The summed E-state index contributed by atoms with van der Waals surface area (Å²) in [5.74, 6) is 2.33. The third-order valence-corrected chi connectivity index (χ3v) is 4.58. The average molecular weight is 315 g/mol. The molecule has 5 nitrogen and oxygen atoms in total. The minimum Gasteiger partial charge on any atom is -0.497 e. The number of imidazole rings is 1. The second-order valence-corrected chi connectivity index (χ2v) is 6.17. The lowest BCUT2D eigenvalue weighted by Gasteiger charge is -2.22. The van der Waals surface area contributed by atoms with Gasteiger partial charge in [-0.25, -0.2) is 4.98 Å². The van der Waals surface area contributed by atoms with Crippen molar-refractivity contribution in [2.75, 3.05) is 20.3 Å². The summed E-state index contributed by atoms with van der Waals surface area (Å²) in [7, 11) is 3.71. The highest BCUT2D eigenvalue weighted by molar-refractivity contribution is 5.29. The van der Waals surface area contributed by atoms with Crippen LogP contribution >= 0.6 is 0 Å². The number of nitrogens with one attached hydrogen (secondary N) is 1. The quantitative estimate of drug-likeness (QED) is 0.890. The number of ether oxygens (including phenoxy) is 2. The summed E-state index contributed by atoms with van der Waals surface area (Å²) in [6.45, 7) is 3.94. The Bertz CT molecular complexity index is 623. The molecule has 2 aromatic rings. The summed E-state index contributed by atoms with van der Waals surface area (Å²) in [6.07, 6.45) is 4.85. The Morgan fingerprint density at radius 3 is 2.83 bits per heavy atom. The van der Waals surface area contributed by atoms with E-state index in [0.717, 1.165) is 31.1 Å². The lowest BCUT2D eigenvalue weighted by molar-refractivity contribution is 0.0894. The monoisotopic (exact) mass is 315 g/mol. The van der Waals surface area contributed by atoms with Crippen molar-refractivity contribution in [3.8, 4) is 5.75 Å². The first-order valence-electron chi connectivity index (χ1n) is 8.15. The zero-order chi connectivity index (χ0) is 16.2. The highest BCUT2D eigenvalue weighted by Crippen LogP contribution is 2.28. The first-order chi connectivity index (χ1) is 11.2. The molecule has 2 heterocycles. The van der Waals surface area contributed by atoms with Crippen molar-refractivity contribution in [2.45, 2.75) is 31.4 Å². The summed E-state index contributed by atoms with van der Waals surface area (Å²) >= 11 is 0. The van der Waals surface area contributed by atoms with Gasteiger partial charge in [0.05, 0.1) is 7.11 Å². The van der Waals surface area contributed by atoms with Gasteiger partial charge in [-0.1, -0.05) is 19.1 Å². The summed E-state index contributed by atoms with van der Waals surface area (Å²) in [5, 5.41) is 3.66. The van der Waals surface area contributed by atoms with Crippen LogP contribution in [0.3, 0.4) is 0 Å². The number of aryl methyl sites for hydroxylation is 1. The molecule has 5 heteroatoms. The molecule has 23 heavy (non-hydrogen) atoms. The van der Waals surface area contributed by atoms with Crippen LogP contribution in [-0.2, 0) is 11.8 Å². The van der Waals surface area contributed by atoms with E-state index in [9.17, 15) is 0 Å². The van der Waals surface area contributed by atoms with Crippen molar-refractivity contribution >= 4 is 0 Å². The molecule has 1 aromatic heterocycles. The SMILES string of the molecule is COc1ccc([C@@H](C)CN[C@H]2CCO[C@@H]2c2nccn2C)cc1. The minimum absolute atomic E-state index is 0.0399. The highest BCUT2D eigenvalue weighted by atomic mass is 16.5. The molecular weight excluding hydrogens is 290 g/mol. The van der Waals surface area contributed by atoms with E-state index >= 15 is 0 Å². The van der Waals surface area contributed by atoms with Crippen molar-refractivity contribution in [3.05, 3.63) is 48.0 Å². The minimum atomic E-state index is 0.0399. The molecule has 3 atom stereocenters. The summed E-state index contributed by atoms with van der Waals surface area (Å²) in [4.78, 5) is 4.44. The van der Waals surface area contributed by atoms with E-state index in [2.05, 4.69) is 29.4 Å². The Balaban J connectivity index is 1.59. The predicted octanol–water partition coefficient (Wildman–Crippen LogP) is 2.65. The standard InChI is InChI=1S/C18H25N3O2/c1-13(14-4-6-15(22-3)7-5-14)12-20-16-8-11-23-17(16)18-19-9-10-21(18)2/h4-7,9-10,13,16-17,20H,8,11-12H2,1-3H3/t13-,16-,17-/m0/s1. The van der Waals surface area contributed by atoms with Crippen LogP contribution in [0.15, 0.2) is 36.7 Å². The number of aromatic nitrogens is 2. The van der Waals surface area contributed by atoms with Gasteiger partial charge in [-0.3, -0.25) is 0 Å². The molecule has 0 amide bonds. The van der Waals surface area contributed by atoms with E-state index in [1.807, 2.05) is 36.1 Å². The molecule has 0 unspecified atom stereocenters. The van der Waals surface area contributed by atoms with Gasteiger partial charge in [-0.05, 0) is 30.0 Å². The van der Waals surface area contributed by atoms with Crippen molar-refractivity contribution in [1.82, 2.24) is 14.9 Å². The molecule has 0 bridgehead atoms. The molecule has 1 N–H and O–H groups in total. The number of methoxy groups -OCH3 is 1. The van der Waals surface area contributed by atoms with Gasteiger partial charge >= 0.3 is 0 Å². The summed E-state index contributed by atoms with van der Waals surface area (Å²) < 4.78 is 13.2. The normalized spacial score (nSPS) is 22.2. The fraction of sp³-hybridized carbons (Fsp3) is 0.500. The molecule has 0 spiro atoms. The maximum Gasteiger partial charge on any atom is 0.139 e. The molecule has 1 aliphatic heterocycles. The molecule has 0 saturated carbocycles. The van der Waals surface area contributed by atoms with Gasteiger partial charge in [0.25, 0.3) is 0 Å². The van der Waals surface area contributed by atoms with Crippen LogP contribution < -0.4 is 10.1 Å². The molecular formula is C18H25N3O2. The predicted molar refractivity (Wildman–Crippen MR) is 89.7 cm³/mol. The average Bonchev–Trinajstić information content (AvgIpc) is 3.20. The molecule has 0 aliphatic carbocycles. The Morgan fingerprint density at radius 2 is 2.17 bits per heavy atom. The van der Waals surface area contributed by atoms with Gasteiger partial charge < -0.3 is 19.4 Å². The zero-order valence-electron chi connectivity index (χ0n) is 14.0. The van der Waals surface area contributed by atoms with Crippen LogP contribution in [-0.4, -0.2) is 35.9 Å². The van der Waals surface area contributed by atoms with Crippen LogP contribution in [0.2, 0.25) is 0 Å². The third-order valence-electron chi connectivity index (χ3n) is 4.58. The Morgan fingerprint density at radius 1 is 1.39 bits per heavy atom. The molecule has 1 aromatic carbocycles. The largest absolute Gasteiger partial charge is 0.497 e. The van der Waals surface area contributed by atoms with Gasteiger partial charge in [0.15, 0.2) is 0 Å². The van der Waals surface area contributed by atoms with Crippen molar-refractivity contribution < 1.29 is 9.47 Å². The fourth-order valence-corrected chi connectivity index (χ4v) is 3.08. The van der Waals surface area contributed by atoms with E-state index in [-0.39, 0.29) is 6.10 Å². The van der Waals surface area contributed by atoms with Crippen molar-refractivity contribution in [1.29, 1.82) is 0 Å². The molecule has 124 valence electrons. The molecule has 1 aliphatic rings. The van der Waals surface area contributed by atoms with Crippen molar-refractivity contribution in [3.63, 3.8) is 0 Å². The topological polar surface area (TPSA) is 48.3 Å². The Labute approximate surface area is 137 Å². The number of hydrogen-bond acceptors (Lipinski definition) is 4. The van der Waals surface area contributed by atoms with Gasteiger partial charge in [0.1, 0.15) is 17.7 Å². The highest BCUT2D eigenvalue weighted by Gasteiger charge is 2.32. The molecule has 1 saturated heterocycles. The summed E-state index contributed by atoms with van der Waals surface area (Å²) in [6, 6.07) is 8.61. The van der Waals surface area contributed by atoms with Crippen LogP contribution in [0, 0.1) is 0 Å². The molecule has 0 radical (unpaired) electrons.